The Labute approximate surface area is 256 Å². The number of amides is 1. The van der Waals surface area contributed by atoms with Crippen molar-refractivity contribution in [2.75, 3.05) is 11.3 Å². The summed E-state index contributed by atoms with van der Waals surface area (Å²) in [5, 5.41) is 4.41. The van der Waals surface area contributed by atoms with Gasteiger partial charge < -0.3 is 9.47 Å². The summed E-state index contributed by atoms with van der Waals surface area (Å²) in [6.45, 7) is 2.59. The molecule has 0 saturated heterocycles. The minimum Gasteiger partial charge on any atom is -0.494 e. The molecule has 0 bridgehead atoms. The molecule has 0 saturated carbocycles. The second-order valence-corrected chi connectivity index (χ2v) is 11.8. The molecule has 0 unspecified atom stereocenters. The average molecular weight is 671 g/mol. The van der Waals surface area contributed by atoms with Crippen LogP contribution in [0.3, 0.4) is 0 Å². The molecule has 0 aromatic heterocycles. The Balaban J connectivity index is 1.38. The van der Waals surface area contributed by atoms with E-state index in [0.717, 1.165) is 6.42 Å². The number of nitrogens with one attached hydrogen (secondary N) is 2. The highest BCUT2D eigenvalue weighted by Crippen LogP contribution is 2.24. The van der Waals surface area contributed by atoms with Crippen molar-refractivity contribution >= 4 is 61.3 Å². The SMILES string of the molecule is CCCOc1ccc(C(=O)Oc2ccc(Br)cc2C=NNC(=O)c2ccc(NS(=O)(=O)c3ccc(Cl)cc3)cc2)cc1. The zero-order chi connectivity index (χ0) is 30.1. The third kappa shape index (κ3) is 8.41. The lowest BCUT2D eigenvalue weighted by molar-refractivity contribution is 0.0734. The Morgan fingerprint density at radius 1 is 0.929 bits per heavy atom. The van der Waals surface area contributed by atoms with Gasteiger partial charge in [-0.1, -0.05) is 34.5 Å². The van der Waals surface area contributed by atoms with E-state index in [0.29, 0.717) is 33.0 Å². The molecule has 0 atom stereocenters. The highest BCUT2D eigenvalue weighted by Gasteiger charge is 2.15. The molecule has 0 spiro atoms. The predicted octanol–water partition coefficient (Wildman–Crippen LogP) is 6.68. The number of rotatable bonds is 11. The van der Waals surface area contributed by atoms with Crippen molar-refractivity contribution in [1.82, 2.24) is 5.43 Å². The van der Waals surface area contributed by atoms with Gasteiger partial charge in [-0.3, -0.25) is 9.52 Å². The Morgan fingerprint density at radius 3 is 2.26 bits per heavy atom. The maximum atomic E-state index is 12.7. The van der Waals surface area contributed by atoms with Crippen molar-refractivity contribution in [2.45, 2.75) is 18.2 Å². The summed E-state index contributed by atoms with van der Waals surface area (Å²) in [6.07, 6.45) is 2.22. The molecule has 9 nitrogen and oxygen atoms in total. The highest BCUT2D eigenvalue weighted by atomic mass is 79.9. The molecule has 0 aliphatic rings. The van der Waals surface area contributed by atoms with E-state index in [-0.39, 0.29) is 21.9 Å². The number of carbonyl (C=O) groups is 2. The first-order valence-corrected chi connectivity index (χ1v) is 15.3. The summed E-state index contributed by atoms with van der Waals surface area (Å²) in [5.74, 6) is -0.193. The van der Waals surface area contributed by atoms with Crippen LogP contribution in [0.25, 0.3) is 0 Å². The molecule has 0 heterocycles. The molecule has 42 heavy (non-hydrogen) atoms. The van der Waals surface area contributed by atoms with Gasteiger partial charge in [-0.15, -0.1) is 0 Å². The van der Waals surface area contributed by atoms with Crippen molar-refractivity contribution in [3.63, 3.8) is 0 Å². The second kappa shape index (κ2) is 14.1. The largest absolute Gasteiger partial charge is 0.494 e. The molecule has 2 N–H and O–H groups in total. The number of hydrogen-bond acceptors (Lipinski definition) is 7. The van der Waals surface area contributed by atoms with Crippen LogP contribution in [-0.2, 0) is 10.0 Å². The molecule has 216 valence electrons. The van der Waals surface area contributed by atoms with Crippen LogP contribution in [-0.4, -0.2) is 33.1 Å². The molecule has 0 radical (unpaired) electrons. The topological polar surface area (TPSA) is 123 Å². The van der Waals surface area contributed by atoms with E-state index in [1.54, 1.807) is 42.5 Å². The fraction of sp³-hybridized carbons (Fsp3) is 0.100. The molecular formula is C30H25BrClN3O6S. The quantitative estimate of drug-likeness (QED) is 0.0795. The summed E-state index contributed by atoms with van der Waals surface area (Å²) >= 11 is 9.21. The fourth-order valence-corrected chi connectivity index (χ4v) is 5.08. The smallest absolute Gasteiger partial charge is 0.343 e. The van der Waals surface area contributed by atoms with Gasteiger partial charge in [0.1, 0.15) is 11.5 Å². The van der Waals surface area contributed by atoms with E-state index < -0.39 is 21.9 Å². The van der Waals surface area contributed by atoms with E-state index >= 15 is 0 Å². The van der Waals surface area contributed by atoms with Gasteiger partial charge >= 0.3 is 5.97 Å². The third-order valence-electron chi connectivity index (χ3n) is 5.63. The molecule has 4 aromatic rings. The Hall–Kier alpha value is -4.19. The second-order valence-electron chi connectivity index (χ2n) is 8.78. The van der Waals surface area contributed by atoms with Gasteiger partial charge in [-0.05, 0) is 97.4 Å². The number of halogens is 2. The number of hydrogen-bond donors (Lipinski definition) is 2. The van der Waals surface area contributed by atoms with Crippen LogP contribution in [0, 0.1) is 0 Å². The monoisotopic (exact) mass is 669 g/mol. The molecule has 4 rings (SSSR count). The lowest BCUT2D eigenvalue weighted by atomic mass is 10.2. The standard InChI is InChI=1S/C30H25BrClN3O6S/c1-2-17-40-26-12-5-21(6-13-26)30(37)41-28-16-7-23(31)18-22(28)19-33-34-29(36)20-3-10-25(11-4-20)35-42(38,39)27-14-8-24(32)9-15-27/h3-16,18-19,35H,2,17H2,1H3,(H,34,36). The lowest BCUT2D eigenvalue weighted by Gasteiger charge is -2.09. The fourth-order valence-electron chi connectivity index (χ4n) is 3.52. The predicted molar refractivity (Wildman–Crippen MR) is 165 cm³/mol. The van der Waals surface area contributed by atoms with E-state index in [9.17, 15) is 18.0 Å². The summed E-state index contributed by atoms with van der Waals surface area (Å²) in [5.41, 5.74) is 3.71. The number of ether oxygens (including phenoxy) is 2. The number of nitrogens with zero attached hydrogens (tertiary/aromatic N) is 1. The van der Waals surface area contributed by atoms with Crippen LogP contribution in [0.5, 0.6) is 11.5 Å². The van der Waals surface area contributed by atoms with Crippen LogP contribution in [0.1, 0.15) is 39.6 Å². The first kappa shape index (κ1) is 30.8. The van der Waals surface area contributed by atoms with Crippen LogP contribution < -0.4 is 19.6 Å². The normalized spacial score (nSPS) is 11.2. The van der Waals surface area contributed by atoms with Crippen LogP contribution in [0.4, 0.5) is 5.69 Å². The number of sulfonamides is 1. The maximum absolute atomic E-state index is 12.7. The van der Waals surface area contributed by atoms with Gasteiger partial charge in [0.05, 0.1) is 23.3 Å². The summed E-state index contributed by atoms with van der Waals surface area (Å²) in [4.78, 5) is 25.4. The van der Waals surface area contributed by atoms with E-state index in [2.05, 4.69) is 31.2 Å². The zero-order valence-electron chi connectivity index (χ0n) is 22.2. The lowest BCUT2D eigenvalue weighted by Crippen LogP contribution is -2.18. The van der Waals surface area contributed by atoms with Crippen LogP contribution >= 0.6 is 27.5 Å². The minimum absolute atomic E-state index is 0.0515. The van der Waals surface area contributed by atoms with E-state index in [4.69, 9.17) is 21.1 Å². The number of esters is 1. The zero-order valence-corrected chi connectivity index (χ0v) is 25.4. The number of benzene rings is 4. The Morgan fingerprint density at radius 2 is 1.60 bits per heavy atom. The molecule has 0 aliphatic carbocycles. The van der Waals surface area contributed by atoms with Gasteiger partial charge in [-0.25, -0.2) is 18.6 Å². The summed E-state index contributed by atoms with van der Waals surface area (Å²) in [6, 6.07) is 23.2. The van der Waals surface area contributed by atoms with E-state index in [1.165, 1.54) is 54.7 Å². The van der Waals surface area contributed by atoms with Crippen molar-refractivity contribution in [1.29, 1.82) is 0 Å². The Bertz CT molecular complexity index is 1700. The Kier molecular flexibility index (Phi) is 10.3. The number of anilines is 1. The molecular weight excluding hydrogens is 646 g/mol. The number of hydrazone groups is 1. The van der Waals surface area contributed by atoms with E-state index in [1.807, 2.05) is 6.92 Å². The van der Waals surface area contributed by atoms with Gasteiger partial charge in [0.15, 0.2) is 0 Å². The highest BCUT2D eigenvalue weighted by molar-refractivity contribution is 9.10. The van der Waals surface area contributed by atoms with Crippen molar-refractivity contribution in [3.8, 4) is 11.5 Å². The molecule has 4 aromatic carbocycles. The molecule has 1 amide bonds. The summed E-state index contributed by atoms with van der Waals surface area (Å²) in [7, 11) is -3.83. The van der Waals surface area contributed by atoms with Gasteiger partial charge in [0.2, 0.25) is 0 Å². The van der Waals surface area contributed by atoms with Crippen molar-refractivity contribution in [2.24, 2.45) is 5.10 Å². The van der Waals surface area contributed by atoms with Crippen molar-refractivity contribution in [3.05, 3.63) is 117 Å². The first-order valence-electron chi connectivity index (χ1n) is 12.6. The molecule has 0 fully saturated rings. The summed E-state index contributed by atoms with van der Waals surface area (Å²) < 4.78 is 39.4. The average Bonchev–Trinajstić information content (AvgIpc) is 2.98. The van der Waals surface area contributed by atoms with Crippen LogP contribution in [0.2, 0.25) is 5.02 Å². The van der Waals surface area contributed by atoms with Crippen molar-refractivity contribution < 1.29 is 27.5 Å². The van der Waals surface area contributed by atoms with Gasteiger partial charge in [0.25, 0.3) is 15.9 Å². The van der Waals surface area contributed by atoms with Gasteiger partial charge in [0, 0.05) is 26.3 Å². The molecule has 12 heteroatoms. The van der Waals surface area contributed by atoms with Crippen LogP contribution in [0.15, 0.2) is 105 Å². The first-order chi connectivity index (χ1) is 20.1. The number of carbonyl (C=O) groups excluding carboxylic acids is 2. The van der Waals surface area contributed by atoms with Gasteiger partial charge in [-0.2, -0.15) is 5.10 Å². The maximum Gasteiger partial charge on any atom is 0.343 e. The third-order valence-corrected chi connectivity index (χ3v) is 7.77. The molecule has 0 aliphatic heterocycles. The minimum atomic E-state index is -3.83.